The van der Waals surface area contributed by atoms with Crippen LogP contribution in [0.2, 0.25) is 0 Å². The van der Waals surface area contributed by atoms with Crippen LogP contribution in [0.3, 0.4) is 0 Å². The molecule has 2 saturated heterocycles. The minimum atomic E-state index is -3.23. The van der Waals surface area contributed by atoms with Crippen molar-refractivity contribution >= 4 is 10.0 Å². The van der Waals surface area contributed by atoms with E-state index in [2.05, 4.69) is 5.32 Å². The molecule has 0 spiro atoms. The highest BCUT2D eigenvalue weighted by molar-refractivity contribution is 7.89. The van der Waals surface area contributed by atoms with Crippen LogP contribution in [0.25, 0.3) is 0 Å². The van der Waals surface area contributed by atoms with Gasteiger partial charge in [-0.25, -0.2) is 8.42 Å². The van der Waals surface area contributed by atoms with E-state index in [4.69, 9.17) is 0 Å². The quantitative estimate of drug-likeness (QED) is 0.746. The summed E-state index contributed by atoms with van der Waals surface area (Å²) in [5.74, 6) is 0.170. The van der Waals surface area contributed by atoms with Crippen LogP contribution in [0.15, 0.2) is 0 Å². The maximum atomic E-state index is 12.2. The molecule has 0 amide bonds. The molecule has 2 aliphatic rings. The van der Waals surface area contributed by atoms with Gasteiger partial charge in [0.1, 0.15) is 0 Å². The zero-order chi connectivity index (χ0) is 12.5. The largest absolute Gasteiger partial charge is 0.389 e. The van der Waals surface area contributed by atoms with Gasteiger partial charge in [-0.3, -0.25) is 0 Å². The van der Waals surface area contributed by atoms with Crippen molar-refractivity contribution in [2.24, 2.45) is 0 Å². The summed E-state index contributed by atoms with van der Waals surface area (Å²) in [6, 6.07) is 0.0897. The third-order valence-corrected chi connectivity index (χ3v) is 5.53. The number of hydrogen-bond acceptors (Lipinski definition) is 4. The summed E-state index contributed by atoms with van der Waals surface area (Å²) < 4.78 is 25.9. The molecule has 2 aliphatic heterocycles. The van der Waals surface area contributed by atoms with Gasteiger partial charge in [0.2, 0.25) is 10.0 Å². The van der Waals surface area contributed by atoms with Crippen molar-refractivity contribution in [1.29, 1.82) is 0 Å². The molecule has 5 nitrogen and oxygen atoms in total. The molecule has 2 heterocycles. The van der Waals surface area contributed by atoms with Crippen LogP contribution in [-0.2, 0) is 10.0 Å². The molecule has 2 fully saturated rings. The maximum Gasteiger partial charge on any atom is 0.215 e. The number of aliphatic hydroxyl groups is 1. The molecule has 0 aromatic carbocycles. The maximum absolute atomic E-state index is 12.2. The van der Waals surface area contributed by atoms with Crippen molar-refractivity contribution in [1.82, 2.24) is 9.62 Å². The fourth-order valence-corrected chi connectivity index (χ4v) is 4.56. The molecule has 0 aromatic rings. The van der Waals surface area contributed by atoms with Crippen molar-refractivity contribution in [2.45, 2.75) is 44.2 Å². The molecule has 0 aliphatic carbocycles. The molecule has 2 atom stereocenters. The molecule has 17 heavy (non-hydrogen) atoms. The van der Waals surface area contributed by atoms with Crippen molar-refractivity contribution < 1.29 is 13.5 Å². The number of β-amino-alcohol motifs (C(OH)–C–C–N with tert-alkyl or cyclic N) is 1. The Morgan fingerprint density at radius 2 is 2.24 bits per heavy atom. The highest BCUT2D eigenvalue weighted by Gasteiger charge is 2.36. The normalized spacial score (nSPS) is 36.2. The minimum absolute atomic E-state index is 0.0897. The highest BCUT2D eigenvalue weighted by atomic mass is 32.2. The minimum Gasteiger partial charge on any atom is -0.389 e. The predicted molar refractivity (Wildman–Crippen MR) is 66.2 cm³/mol. The first-order valence-corrected chi connectivity index (χ1v) is 7.94. The molecule has 100 valence electrons. The molecule has 2 unspecified atom stereocenters. The van der Waals surface area contributed by atoms with E-state index < -0.39 is 15.6 Å². The molecule has 0 bridgehead atoms. The van der Waals surface area contributed by atoms with Crippen molar-refractivity contribution in [3.05, 3.63) is 0 Å². The topological polar surface area (TPSA) is 69.6 Å². The Morgan fingerprint density at radius 3 is 2.82 bits per heavy atom. The van der Waals surface area contributed by atoms with Crippen LogP contribution < -0.4 is 5.32 Å². The summed E-state index contributed by atoms with van der Waals surface area (Å²) in [5.41, 5.74) is -0.867. The lowest BCUT2D eigenvalue weighted by Crippen LogP contribution is -2.50. The highest BCUT2D eigenvalue weighted by Crippen LogP contribution is 2.23. The second-order valence-corrected chi connectivity index (χ2v) is 7.52. The summed E-state index contributed by atoms with van der Waals surface area (Å²) >= 11 is 0. The number of rotatable bonds is 3. The zero-order valence-electron chi connectivity index (χ0n) is 10.4. The fraction of sp³-hybridized carbons (Fsp3) is 1.00. The van der Waals surface area contributed by atoms with Crippen LogP contribution in [0.4, 0.5) is 0 Å². The van der Waals surface area contributed by atoms with Gasteiger partial charge in [-0.15, -0.1) is 0 Å². The van der Waals surface area contributed by atoms with Crippen LogP contribution in [0.5, 0.6) is 0 Å². The standard InChI is InChI=1S/C11H22N2O3S/c1-11(14)5-3-7-13(9-11)17(15,16)8-10-4-2-6-12-10/h10,12,14H,2-9H2,1H3. The van der Waals surface area contributed by atoms with E-state index in [0.29, 0.717) is 13.0 Å². The number of nitrogens with zero attached hydrogens (tertiary/aromatic N) is 1. The molecule has 2 N–H and O–H groups in total. The van der Waals surface area contributed by atoms with Crippen LogP contribution in [0, 0.1) is 0 Å². The van der Waals surface area contributed by atoms with Gasteiger partial charge in [0.15, 0.2) is 0 Å². The summed E-state index contributed by atoms with van der Waals surface area (Å²) in [4.78, 5) is 0. The zero-order valence-corrected chi connectivity index (χ0v) is 11.2. The van der Waals surface area contributed by atoms with Gasteiger partial charge in [-0.05, 0) is 39.2 Å². The lowest BCUT2D eigenvalue weighted by molar-refractivity contribution is 0.00936. The first-order chi connectivity index (χ1) is 7.89. The lowest BCUT2D eigenvalue weighted by atomic mass is 9.97. The van der Waals surface area contributed by atoms with E-state index in [1.54, 1.807) is 6.92 Å². The van der Waals surface area contributed by atoms with Gasteiger partial charge in [0.05, 0.1) is 11.4 Å². The Balaban J connectivity index is 1.99. The Hall–Kier alpha value is -0.170. The van der Waals surface area contributed by atoms with Gasteiger partial charge in [-0.1, -0.05) is 0 Å². The number of sulfonamides is 1. The van der Waals surface area contributed by atoms with Gasteiger partial charge in [0, 0.05) is 19.1 Å². The lowest BCUT2D eigenvalue weighted by Gasteiger charge is -2.36. The van der Waals surface area contributed by atoms with Gasteiger partial charge in [-0.2, -0.15) is 4.31 Å². The first kappa shape index (κ1) is 13.3. The van der Waals surface area contributed by atoms with Crippen LogP contribution in [0.1, 0.15) is 32.6 Å². The third kappa shape index (κ3) is 3.40. The summed E-state index contributed by atoms with van der Waals surface area (Å²) in [6.45, 7) is 3.41. The van der Waals surface area contributed by atoms with E-state index in [0.717, 1.165) is 25.8 Å². The van der Waals surface area contributed by atoms with Crippen molar-refractivity contribution in [3.8, 4) is 0 Å². The number of hydrogen-bond donors (Lipinski definition) is 2. The summed E-state index contributed by atoms with van der Waals surface area (Å²) in [6.07, 6.45) is 3.41. The summed E-state index contributed by atoms with van der Waals surface area (Å²) in [5, 5.41) is 13.2. The predicted octanol–water partition coefficient (Wildman–Crippen LogP) is -0.0850. The second-order valence-electron chi connectivity index (χ2n) is 5.51. The molecular formula is C11H22N2O3S. The summed E-state index contributed by atoms with van der Waals surface area (Å²) in [7, 11) is -3.23. The third-order valence-electron chi connectivity index (χ3n) is 3.61. The monoisotopic (exact) mass is 262 g/mol. The van der Waals surface area contributed by atoms with Crippen molar-refractivity contribution in [2.75, 3.05) is 25.4 Å². The molecule has 2 rings (SSSR count). The van der Waals surface area contributed by atoms with E-state index in [1.807, 2.05) is 0 Å². The van der Waals surface area contributed by atoms with Gasteiger partial charge < -0.3 is 10.4 Å². The molecule has 0 aromatic heterocycles. The van der Waals surface area contributed by atoms with E-state index in [1.165, 1.54) is 4.31 Å². The smallest absolute Gasteiger partial charge is 0.215 e. The molecular weight excluding hydrogens is 240 g/mol. The average molecular weight is 262 g/mol. The average Bonchev–Trinajstić information content (AvgIpc) is 2.68. The van der Waals surface area contributed by atoms with Gasteiger partial charge >= 0.3 is 0 Å². The molecule has 0 radical (unpaired) electrons. The van der Waals surface area contributed by atoms with Crippen molar-refractivity contribution in [3.63, 3.8) is 0 Å². The van der Waals surface area contributed by atoms with E-state index in [9.17, 15) is 13.5 Å². The van der Waals surface area contributed by atoms with Crippen LogP contribution in [-0.4, -0.2) is 54.9 Å². The van der Waals surface area contributed by atoms with Gasteiger partial charge in [0.25, 0.3) is 0 Å². The second kappa shape index (κ2) is 4.84. The number of nitrogens with one attached hydrogen (secondary N) is 1. The first-order valence-electron chi connectivity index (χ1n) is 6.33. The van der Waals surface area contributed by atoms with Crippen LogP contribution >= 0.6 is 0 Å². The molecule has 0 saturated carbocycles. The Bertz CT molecular complexity index is 361. The SMILES string of the molecule is CC1(O)CCCN(S(=O)(=O)CC2CCCN2)C1. The Kier molecular flexibility index (Phi) is 3.77. The fourth-order valence-electron chi connectivity index (χ4n) is 2.67. The molecule has 6 heteroatoms. The van der Waals surface area contributed by atoms with E-state index >= 15 is 0 Å². The Labute approximate surface area is 103 Å². The Morgan fingerprint density at radius 1 is 1.47 bits per heavy atom. The number of piperidine rings is 1. The van der Waals surface area contributed by atoms with E-state index in [-0.39, 0.29) is 18.3 Å².